The van der Waals surface area contributed by atoms with E-state index in [0.717, 1.165) is 19.4 Å². The standard InChI is InChI=1S/C17H16N4O3S/c22-21(23)14-5-3-12(4-6-14)17-18-16(24-19-17)10-20-8-1-2-15(20)13-7-9-25-11-13/h3-7,9,11,15H,1-2,8,10H2/t15-/m0/s1. The van der Waals surface area contributed by atoms with Crippen molar-refractivity contribution in [2.24, 2.45) is 0 Å². The molecule has 0 aliphatic carbocycles. The minimum atomic E-state index is -0.427. The number of likely N-dealkylation sites (tertiary alicyclic amines) is 1. The summed E-state index contributed by atoms with van der Waals surface area (Å²) in [6, 6.07) is 8.73. The van der Waals surface area contributed by atoms with Crippen LogP contribution in [0.5, 0.6) is 0 Å². The number of thiophene rings is 1. The van der Waals surface area contributed by atoms with Crippen LogP contribution in [0, 0.1) is 10.1 Å². The molecule has 1 fully saturated rings. The highest BCUT2D eigenvalue weighted by Crippen LogP contribution is 2.34. The van der Waals surface area contributed by atoms with Gasteiger partial charge in [-0.05, 0) is 53.9 Å². The molecule has 0 saturated carbocycles. The second-order valence-electron chi connectivity index (χ2n) is 6.00. The topological polar surface area (TPSA) is 85.3 Å². The van der Waals surface area contributed by atoms with Gasteiger partial charge in [-0.15, -0.1) is 0 Å². The molecule has 4 rings (SSSR count). The Balaban J connectivity index is 1.48. The summed E-state index contributed by atoms with van der Waals surface area (Å²) in [6.07, 6.45) is 2.30. The molecule has 3 heterocycles. The van der Waals surface area contributed by atoms with Gasteiger partial charge in [0, 0.05) is 23.7 Å². The maximum absolute atomic E-state index is 10.7. The molecule has 0 radical (unpaired) electrons. The summed E-state index contributed by atoms with van der Waals surface area (Å²) in [5.74, 6) is 1.02. The molecule has 2 aromatic heterocycles. The van der Waals surface area contributed by atoms with Gasteiger partial charge in [0.15, 0.2) is 0 Å². The Morgan fingerprint density at radius 1 is 1.32 bits per heavy atom. The zero-order valence-corrected chi connectivity index (χ0v) is 14.2. The van der Waals surface area contributed by atoms with Crippen molar-refractivity contribution in [2.45, 2.75) is 25.4 Å². The first-order valence-corrected chi connectivity index (χ1v) is 8.98. The van der Waals surface area contributed by atoms with Crippen LogP contribution in [0.15, 0.2) is 45.6 Å². The van der Waals surface area contributed by atoms with Gasteiger partial charge < -0.3 is 4.52 Å². The molecule has 0 unspecified atom stereocenters. The monoisotopic (exact) mass is 356 g/mol. The quantitative estimate of drug-likeness (QED) is 0.506. The predicted octanol–water partition coefficient (Wildman–Crippen LogP) is 4.04. The zero-order chi connectivity index (χ0) is 17.2. The lowest BCUT2D eigenvalue weighted by molar-refractivity contribution is -0.384. The third-order valence-corrected chi connectivity index (χ3v) is 5.14. The SMILES string of the molecule is O=[N+]([O-])c1ccc(-c2noc(CN3CCC[C@H]3c3ccsc3)n2)cc1. The van der Waals surface area contributed by atoms with Gasteiger partial charge in [-0.25, -0.2) is 0 Å². The summed E-state index contributed by atoms with van der Waals surface area (Å²) >= 11 is 1.71. The molecule has 1 aliphatic rings. The van der Waals surface area contributed by atoms with Crippen LogP contribution in [0.25, 0.3) is 11.4 Å². The first kappa shape index (κ1) is 15.9. The Bertz CT molecular complexity index is 860. The number of nitro benzene ring substituents is 1. The Morgan fingerprint density at radius 3 is 2.88 bits per heavy atom. The Labute approximate surface area is 148 Å². The Hall–Kier alpha value is -2.58. The number of nitro groups is 1. The molecule has 1 saturated heterocycles. The molecule has 1 atom stereocenters. The van der Waals surface area contributed by atoms with Crippen molar-refractivity contribution in [2.75, 3.05) is 6.54 Å². The fourth-order valence-electron chi connectivity index (χ4n) is 3.20. The highest BCUT2D eigenvalue weighted by atomic mass is 32.1. The van der Waals surface area contributed by atoms with E-state index in [1.54, 1.807) is 23.5 Å². The van der Waals surface area contributed by atoms with E-state index >= 15 is 0 Å². The number of aromatic nitrogens is 2. The van der Waals surface area contributed by atoms with E-state index in [2.05, 4.69) is 31.9 Å². The molecule has 128 valence electrons. The second-order valence-corrected chi connectivity index (χ2v) is 6.78. The van der Waals surface area contributed by atoms with Crippen LogP contribution in [0.3, 0.4) is 0 Å². The highest BCUT2D eigenvalue weighted by Gasteiger charge is 2.27. The van der Waals surface area contributed by atoms with Gasteiger partial charge in [-0.3, -0.25) is 15.0 Å². The molecule has 8 heteroatoms. The fourth-order valence-corrected chi connectivity index (χ4v) is 3.91. The van der Waals surface area contributed by atoms with Crippen LogP contribution >= 0.6 is 11.3 Å². The minimum absolute atomic E-state index is 0.0446. The lowest BCUT2D eigenvalue weighted by Gasteiger charge is -2.21. The van der Waals surface area contributed by atoms with Crippen LogP contribution in [-0.4, -0.2) is 26.5 Å². The molecule has 0 spiro atoms. The van der Waals surface area contributed by atoms with Crippen molar-refractivity contribution >= 4 is 17.0 Å². The third kappa shape index (κ3) is 3.31. The highest BCUT2D eigenvalue weighted by molar-refractivity contribution is 7.07. The number of non-ortho nitro benzene ring substituents is 1. The Kier molecular flexibility index (Phi) is 4.29. The van der Waals surface area contributed by atoms with Crippen LogP contribution in [-0.2, 0) is 6.54 Å². The number of hydrogen-bond donors (Lipinski definition) is 0. The third-order valence-electron chi connectivity index (χ3n) is 4.43. The summed E-state index contributed by atoms with van der Waals surface area (Å²) in [5, 5.41) is 19.0. The van der Waals surface area contributed by atoms with E-state index in [1.165, 1.54) is 17.7 Å². The average Bonchev–Trinajstić information content (AvgIpc) is 3.37. The molecular formula is C17H16N4O3S. The minimum Gasteiger partial charge on any atom is -0.338 e. The van der Waals surface area contributed by atoms with E-state index in [-0.39, 0.29) is 5.69 Å². The van der Waals surface area contributed by atoms with Crippen molar-refractivity contribution in [3.05, 3.63) is 62.7 Å². The lowest BCUT2D eigenvalue weighted by Crippen LogP contribution is -2.22. The van der Waals surface area contributed by atoms with Gasteiger partial charge in [-0.2, -0.15) is 16.3 Å². The molecule has 0 bridgehead atoms. The molecule has 0 N–H and O–H groups in total. The lowest BCUT2D eigenvalue weighted by atomic mass is 10.1. The van der Waals surface area contributed by atoms with Crippen molar-refractivity contribution in [3.63, 3.8) is 0 Å². The summed E-state index contributed by atoms with van der Waals surface area (Å²) < 4.78 is 5.39. The van der Waals surface area contributed by atoms with Gasteiger partial charge in [0.05, 0.1) is 11.5 Å². The van der Waals surface area contributed by atoms with Gasteiger partial charge >= 0.3 is 0 Å². The van der Waals surface area contributed by atoms with E-state index in [0.29, 0.717) is 29.9 Å². The molecule has 1 aromatic carbocycles. The van der Waals surface area contributed by atoms with E-state index in [9.17, 15) is 10.1 Å². The fraction of sp³-hybridized carbons (Fsp3) is 0.294. The number of rotatable bonds is 5. The first-order valence-electron chi connectivity index (χ1n) is 8.04. The molecule has 25 heavy (non-hydrogen) atoms. The summed E-state index contributed by atoms with van der Waals surface area (Å²) in [4.78, 5) is 17.1. The van der Waals surface area contributed by atoms with Crippen LogP contribution in [0.1, 0.15) is 30.3 Å². The van der Waals surface area contributed by atoms with Crippen LogP contribution in [0.2, 0.25) is 0 Å². The summed E-state index contributed by atoms with van der Waals surface area (Å²) in [6.45, 7) is 1.62. The van der Waals surface area contributed by atoms with Gasteiger partial charge in [0.25, 0.3) is 5.69 Å². The normalized spacial score (nSPS) is 17.8. The average molecular weight is 356 g/mol. The largest absolute Gasteiger partial charge is 0.338 e. The van der Waals surface area contributed by atoms with Gasteiger partial charge in [0.2, 0.25) is 11.7 Å². The first-order chi connectivity index (χ1) is 12.2. The zero-order valence-electron chi connectivity index (χ0n) is 13.4. The van der Waals surface area contributed by atoms with Crippen molar-refractivity contribution in [3.8, 4) is 11.4 Å². The second kappa shape index (κ2) is 6.73. The number of nitrogens with zero attached hydrogens (tertiary/aromatic N) is 4. The van der Waals surface area contributed by atoms with Gasteiger partial charge in [0.1, 0.15) is 0 Å². The van der Waals surface area contributed by atoms with Crippen molar-refractivity contribution < 1.29 is 9.45 Å². The molecule has 7 nitrogen and oxygen atoms in total. The molecule has 1 aliphatic heterocycles. The molecular weight excluding hydrogens is 340 g/mol. The van der Waals surface area contributed by atoms with E-state index < -0.39 is 4.92 Å². The van der Waals surface area contributed by atoms with Crippen molar-refractivity contribution in [1.82, 2.24) is 15.0 Å². The van der Waals surface area contributed by atoms with Gasteiger partial charge in [-0.1, -0.05) is 5.16 Å². The summed E-state index contributed by atoms with van der Waals surface area (Å²) in [5.41, 5.74) is 2.09. The molecule has 3 aromatic rings. The van der Waals surface area contributed by atoms with Crippen LogP contribution in [0.4, 0.5) is 5.69 Å². The number of benzene rings is 1. The Morgan fingerprint density at radius 2 is 2.16 bits per heavy atom. The van der Waals surface area contributed by atoms with Crippen LogP contribution < -0.4 is 0 Å². The van der Waals surface area contributed by atoms with Crippen molar-refractivity contribution in [1.29, 1.82) is 0 Å². The maximum atomic E-state index is 10.7. The van der Waals surface area contributed by atoms with E-state index in [1.807, 2.05) is 0 Å². The number of hydrogen-bond acceptors (Lipinski definition) is 7. The predicted molar refractivity (Wildman–Crippen MR) is 93.1 cm³/mol. The maximum Gasteiger partial charge on any atom is 0.269 e. The molecule has 0 amide bonds. The summed E-state index contributed by atoms with van der Waals surface area (Å²) in [7, 11) is 0. The smallest absolute Gasteiger partial charge is 0.269 e. The van der Waals surface area contributed by atoms with E-state index in [4.69, 9.17) is 4.52 Å².